The fourth-order valence-electron chi connectivity index (χ4n) is 0.402. The van der Waals surface area contributed by atoms with E-state index in [9.17, 15) is 13.0 Å². The summed E-state index contributed by atoms with van der Waals surface area (Å²) in [5, 5.41) is 11.6. The van der Waals surface area contributed by atoms with Gasteiger partial charge < -0.3 is 4.55 Å². The van der Waals surface area contributed by atoms with Crippen LogP contribution in [0, 0.1) is 0 Å². The molecule has 7 nitrogen and oxygen atoms in total. The van der Waals surface area contributed by atoms with Crippen molar-refractivity contribution in [1.82, 2.24) is 20.6 Å². The van der Waals surface area contributed by atoms with E-state index in [4.69, 9.17) is 0 Å². The first-order valence-electron chi connectivity index (χ1n) is 2.24. The van der Waals surface area contributed by atoms with Gasteiger partial charge in [0.05, 0.1) is 0 Å². The van der Waals surface area contributed by atoms with Crippen LogP contribution in [-0.4, -0.2) is 33.6 Å². The smallest absolute Gasteiger partial charge is 0.748 e. The maximum Gasteiger partial charge on any atom is 1.00 e. The van der Waals surface area contributed by atoms with E-state index < -0.39 is 15.9 Å². The molecule has 0 fully saturated rings. The standard InChI is InChI=1S/C2H4N4O3S.Na/c7-10(8,9)1-2-3-5-6-4-2;/h1H2,(H,7,8,9)(H,3,4,5,6);/q;+1/p-1. The fraction of sp³-hybridized carbons (Fsp3) is 0.500. The Morgan fingerprint density at radius 3 is 2.55 bits per heavy atom. The summed E-state index contributed by atoms with van der Waals surface area (Å²) in [6.07, 6.45) is 0. The van der Waals surface area contributed by atoms with Crippen molar-refractivity contribution in [2.45, 2.75) is 5.75 Å². The first kappa shape index (κ1) is 11.0. The molecule has 11 heavy (non-hydrogen) atoms. The molecule has 0 unspecified atom stereocenters. The zero-order chi connectivity index (χ0) is 7.61. The second kappa shape index (κ2) is 4.12. The summed E-state index contributed by atoms with van der Waals surface area (Å²) >= 11 is 0. The summed E-state index contributed by atoms with van der Waals surface area (Å²) in [5.41, 5.74) is 0. The Kier molecular flexibility index (Phi) is 4.11. The van der Waals surface area contributed by atoms with Gasteiger partial charge in [0.2, 0.25) is 0 Å². The van der Waals surface area contributed by atoms with Gasteiger partial charge in [-0.3, -0.25) is 0 Å². The van der Waals surface area contributed by atoms with E-state index in [0.29, 0.717) is 0 Å². The largest absolute Gasteiger partial charge is 1.00 e. The molecule has 0 atom stereocenters. The summed E-state index contributed by atoms with van der Waals surface area (Å²) in [6.45, 7) is 0. The molecule has 0 aromatic carbocycles. The SMILES string of the molecule is O=S(=O)([O-])Cc1nn[nH]n1.[Na+]. The van der Waals surface area contributed by atoms with Crippen LogP contribution in [0.5, 0.6) is 0 Å². The van der Waals surface area contributed by atoms with E-state index in [2.05, 4.69) is 15.4 Å². The number of rotatable bonds is 2. The summed E-state index contributed by atoms with van der Waals surface area (Å²) in [4.78, 5) is 0. The third-order valence-electron chi connectivity index (χ3n) is 0.695. The molecule has 0 saturated heterocycles. The summed E-state index contributed by atoms with van der Waals surface area (Å²) in [6, 6.07) is 0. The molecule has 0 saturated carbocycles. The van der Waals surface area contributed by atoms with Gasteiger partial charge in [-0.05, 0) is 0 Å². The monoisotopic (exact) mass is 186 g/mol. The van der Waals surface area contributed by atoms with E-state index in [1.165, 1.54) is 0 Å². The van der Waals surface area contributed by atoms with Crippen LogP contribution in [0.25, 0.3) is 0 Å². The van der Waals surface area contributed by atoms with Crippen molar-refractivity contribution in [3.05, 3.63) is 5.82 Å². The molecule has 1 N–H and O–H groups in total. The molecule has 1 heterocycles. The van der Waals surface area contributed by atoms with Gasteiger partial charge in [0.1, 0.15) is 15.9 Å². The van der Waals surface area contributed by atoms with Gasteiger partial charge in [-0.15, -0.1) is 10.2 Å². The van der Waals surface area contributed by atoms with Crippen LogP contribution in [0.4, 0.5) is 0 Å². The Balaban J connectivity index is 0.000001000. The number of nitrogens with one attached hydrogen (secondary N) is 1. The van der Waals surface area contributed by atoms with Gasteiger partial charge in [-0.25, -0.2) is 8.42 Å². The number of H-pyrrole nitrogens is 1. The molecule has 0 aliphatic carbocycles. The van der Waals surface area contributed by atoms with Crippen LogP contribution >= 0.6 is 0 Å². The molecule has 0 bridgehead atoms. The van der Waals surface area contributed by atoms with E-state index in [1.54, 1.807) is 0 Å². The molecule has 56 valence electrons. The summed E-state index contributed by atoms with van der Waals surface area (Å²) in [5.74, 6) is -0.834. The fourth-order valence-corrected chi connectivity index (χ4v) is 0.840. The Morgan fingerprint density at radius 2 is 2.18 bits per heavy atom. The third kappa shape index (κ3) is 4.43. The van der Waals surface area contributed by atoms with Gasteiger partial charge >= 0.3 is 29.6 Å². The second-order valence-corrected chi connectivity index (χ2v) is 2.93. The van der Waals surface area contributed by atoms with Crippen molar-refractivity contribution in [1.29, 1.82) is 0 Å². The Hall–Kier alpha value is -0.0200. The van der Waals surface area contributed by atoms with Crippen LogP contribution in [0.3, 0.4) is 0 Å². The van der Waals surface area contributed by atoms with Crippen molar-refractivity contribution in [3.63, 3.8) is 0 Å². The van der Waals surface area contributed by atoms with E-state index in [0.717, 1.165) is 0 Å². The first-order chi connectivity index (χ1) is 4.58. The molecular formula is C2H3N4NaO3S. The van der Waals surface area contributed by atoms with Crippen LogP contribution in [0.2, 0.25) is 0 Å². The first-order valence-corrected chi connectivity index (χ1v) is 3.81. The van der Waals surface area contributed by atoms with E-state index in [-0.39, 0.29) is 35.4 Å². The predicted molar refractivity (Wildman–Crippen MR) is 27.6 cm³/mol. The van der Waals surface area contributed by atoms with Crippen LogP contribution < -0.4 is 29.6 Å². The number of hydrogen-bond donors (Lipinski definition) is 1. The van der Waals surface area contributed by atoms with Crippen LogP contribution in [0.1, 0.15) is 5.82 Å². The quantitative estimate of drug-likeness (QED) is 0.366. The van der Waals surface area contributed by atoms with Crippen LogP contribution in [0.15, 0.2) is 0 Å². The molecule has 0 spiro atoms. The van der Waals surface area contributed by atoms with Crippen molar-refractivity contribution in [2.75, 3.05) is 0 Å². The molecule has 0 radical (unpaired) electrons. The molecule has 1 aromatic rings. The van der Waals surface area contributed by atoms with Crippen LogP contribution in [-0.2, 0) is 15.9 Å². The van der Waals surface area contributed by atoms with Crippen molar-refractivity contribution < 1.29 is 42.5 Å². The number of tetrazole rings is 1. The Morgan fingerprint density at radius 1 is 1.55 bits per heavy atom. The zero-order valence-electron chi connectivity index (χ0n) is 5.68. The Bertz CT molecular complexity index is 293. The topological polar surface area (TPSA) is 112 Å². The molecule has 0 aliphatic heterocycles. The maximum absolute atomic E-state index is 10.0. The number of aromatic nitrogens is 4. The number of hydrogen-bond acceptors (Lipinski definition) is 6. The predicted octanol–water partition coefficient (Wildman–Crippen LogP) is -4.75. The molecule has 0 amide bonds. The minimum atomic E-state index is -4.28. The van der Waals surface area contributed by atoms with E-state index in [1.807, 2.05) is 5.21 Å². The molecule has 9 heteroatoms. The zero-order valence-corrected chi connectivity index (χ0v) is 8.50. The molecule has 0 aliphatic rings. The minimum absolute atomic E-state index is 0. The van der Waals surface area contributed by atoms with Crippen molar-refractivity contribution in [3.8, 4) is 0 Å². The molecule has 1 aromatic heterocycles. The number of aromatic amines is 1. The summed E-state index contributed by atoms with van der Waals surface area (Å²) in [7, 11) is -4.28. The summed E-state index contributed by atoms with van der Waals surface area (Å²) < 4.78 is 30.1. The normalized spacial score (nSPS) is 10.6. The third-order valence-corrected chi connectivity index (χ3v) is 1.31. The van der Waals surface area contributed by atoms with Gasteiger partial charge in [-0.2, -0.15) is 5.21 Å². The molecule has 1 rings (SSSR count). The van der Waals surface area contributed by atoms with Gasteiger partial charge in [0.15, 0.2) is 5.82 Å². The van der Waals surface area contributed by atoms with E-state index >= 15 is 0 Å². The average molecular weight is 186 g/mol. The Labute approximate surface area is 84.6 Å². The van der Waals surface area contributed by atoms with Gasteiger partial charge in [0, 0.05) is 0 Å². The van der Waals surface area contributed by atoms with Crippen molar-refractivity contribution in [2.24, 2.45) is 0 Å². The van der Waals surface area contributed by atoms with Gasteiger partial charge in [0.25, 0.3) is 0 Å². The van der Waals surface area contributed by atoms with Gasteiger partial charge in [-0.1, -0.05) is 5.21 Å². The second-order valence-electron chi connectivity index (χ2n) is 1.53. The molecular weight excluding hydrogens is 183 g/mol. The minimum Gasteiger partial charge on any atom is -0.748 e. The number of nitrogens with zero attached hydrogens (tertiary/aromatic N) is 3. The maximum atomic E-state index is 10.0. The average Bonchev–Trinajstić information content (AvgIpc) is 2.12. The van der Waals surface area contributed by atoms with Crippen molar-refractivity contribution >= 4 is 10.1 Å².